The monoisotopic (exact) mass is 389 g/mol. The number of hydrogen-bond donors (Lipinski definition) is 2. The van der Waals surface area contributed by atoms with Crippen molar-refractivity contribution in [2.45, 2.75) is 32.1 Å². The van der Waals surface area contributed by atoms with Crippen LogP contribution in [0, 0.1) is 13.8 Å². The average molecular weight is 389 g/mol. The Kier molecular flexibility index (Phi) is 4.32. The molecule has 0 unspecified atom stereocenters. The summed E-state index contributed by atoms with van der Waals surface area (Å²) in [5, 5.41) is 10.0. The number of carbonyl (C=O) groups excluding carboxylic acids is 1. The molecule has 5 rings (SSSR count). The van der Waals surface area contributed by atoms with Gasteiger partial charge in [-0.25, -0.2) is 14.3 Å². The zero-order chi connectivity index (χ0) is 20.0. The zero-order valence-electron chi connectivity index (χ0n) is 16.5. The van der Waals surface area contributed by atoms with Gasteiger partial charge in [-0.2, -0.15) is 5.10 Å². The molecular weight excluding hydrogens is 366 g/mol. The van der Waals surface area contributed by atoms with E-state index < -0.39 is 0 Å². The number of nitrogens with zero attached hydrogens (tertiary/aromatic N) is 3. The summed E-state index contributed by atoms with van der Waals surface area (Å²) < 4.78 is 7.35. The Morgan fingerprint density at radius 3 is 2.93 bits per heavy atom. The Bertz CT molecular complexity index is 1130. The summed E-state index contributed by atoms with van der Waals surface area (Å²) in [7, 11) is 0. The number of amides is 2. The van der Waals surface area contributed by atoms with Crippen LogP contribution in [0.3, 0.4) is 0 Å². The van der Waals surface area contributed by atoms with Crippen molar-refractivity contribution in [3.8, 4) is 0 Å². The number of benzene rings is 1. The Morgan fingerprint density at radius 1 is 1.17 bits per heavy atom. The second-order valence-electron chi connectivity index (χ2n) is 7.79. The summed E-state index contributed by atoms with van der Waals surface area (Å²) in [5.74, 6) is 0.909. The summed E-state index contributed by atoms with van der Waals surface area (Å²) in [6.07, 6.45) is 6.40. The third-order valence-corrected chi connectivity index (χ3v) is 5.84. The molecule has 0 radical (unpaired) electrons. The van der Waals surface area contributed by atoms with E-state index in [1.54, 1.807) is 12.4 Å². The van der Waals surface area contributed by atoms with Crippen molar-refractivity contribution in [1.29, 1.82) is 0 Å². The van der Waals surface area contributed by atoms with E-state index in [-0.39, 0.29) is 12.8 Å². The second kappa shape index (κ2) is 7.00. The van der Waals surface area contributed by atoms with Gasteiger partial charge in [0.15, 0.2) is 5.65 Å². The molecule has 3 heterocycles. The largest absolute Gasteiger partial charge is 0.356 e. The molecule has 0 saturated heterocycles. The molecule has 2 aliphatic rings. The van der Waals surface area contributed by atoms with E-state index in [4.69, 9.17) is 4.74 Å². The second-order valence-corrected chi connectivity index (χ2v) is 7.79. The Labute approximate surface area is 168 Å². The molecule has 0 bridgehead atoms. The number of aryl methyl sites for hydroxylation is 2. The van der Waals surface area contributed by atoms with Gasteiger partial charge in [0.2, 0.25) is 0 Å². The number of carbonyl (C=O) groups is 1. The van der Waals surface area contributed by atoms with Crippen LogP contribution in [0.25, 0.3) is 11.2 Å². The first kappa shape index (κ1) is 17.9. The van der Waals surface area contributed by atoms with E-state index in [9.17, 15) is 4.79 Å². The lowest BCUT2D eigenvalue weighted by molar-refractivity contribution is 0.146. The van der Waals surface area contributed by atoms with Crippen LogP contribution >= 0.6 is 0 Å². The van der Waals surface area contributed by atoms with Gasteiger partial charge in [0.05, 0.1) is 12.3 Å². The van der Waals surface area contributed by atoms with Crippen LogP contribution in [0.15, 0.2) is 42.9 Å². The van der Waals surface area contributed by atoms with E-state index in [0.29, 0.717) is 18.4 Å². The van der Waals surface area contributed by atoms with E-state index in [1.165, 1.54) is 22.3 Å². The molecule has 2 amide bonds. The number of aromatic nitrogens is 3. The number of nitrogens with one attached hydrogen (secondary N) is 2. The molecule has 1 fully saturated rings. The van der Waals surface area contributed by atoms with Crippen molar-refractivity contribution in [2.24, 2.45) is 0 Å². The molecule has 148 valence electrons. The maximum atomic E-state index is 11.6. The third-order valence-electron chi connectivity index (χ3n) is 5.84. The Balaban J connectivity index is 1.51. The quantitative estimate of drug-likeness (QED) is 0.721. The highest BCUT2D eigenvalue weighted by atomic mass is 16.5. The Morgan fingerprint density at radius 2 is 2.07 bits per heavy atom. The van der Waals surface area contributed by atoms with Crippen LogP contribution in [-0.4, -0.2) is 34.0 Å². The van der Waals surface area contributed by atoms with Crippen LogP contribution in [0.2, 0.25) is 0 Å². The van der Waals surface area contributed by atoms with Gasteiger partial charge in [-0.15, -0.1) is 0 Å². The van der Waals surface area contributed by atoms with Crippen molar-refractivity contribution in [3.05, 3.63) is 70.8 Å². The highest BCUT2D eigenvalue weighted by Gasteiger charge is 2.41. The molecule has 7 nitrogen and oxygen atoms in total. The Hall–Kier alpha value is -3.19. The molecule has 0 spiro atoms. The van der Waals surface area contributed by atoms with Gasteiger partial charge < -0.3 is 15.4 Å². The summed E-state index contributed by atoms with van der Waals surface area (Å²) in [4.78, 5) is 16.2. The predicted molar refractivity (Wildman–Crippen MR) is 109 cm³/mol. The molecule has 2 aromatic heterocycles. The lowest BCUT2D eigenvalue weighted by Crippen LogP contribution is -2.36. The minimum Gasteiger partial charge on any atom is -0.356 e. The molecule has 29 heavy (non-hydrogen) atoms. The molecule has 1 aliphatic heterocycles. The number of urea groups is 1. The van der Waals surface area contributed by atoms with Crippen molar-refractivity contribution < 1.29 is 9.53 Å². The normalized spacial score (nSPS) is 23.5. The molecule has 7 heteroatoms. The van der Waals surface area contributed by atoms with Crippen LogP contribution in [0.4, 0.5) is 4.79 Å². The molecule has 3 aromatic rings. The van der Waals surface area contributed by atoms with E-state index in [2.05, 4.69) is 58.8 Å². The molecule has 2 atom stereocenters. The van der Waals surface area contributed by atoms with Gasteiger partial charge in [0, 0.05) is 29.7 Å². The van der Waals surface area contributed by atoms with Crippen LogP contribution in [-0.2, 0) is 4.74 Å². The van der Waals surface area contributed by atoms with Crippen molar-refractivity contribution in [1.82, 2.24) is 25.2 Å². The predicted octanol–water partition coefficient (Wildman–Crippen LogP) is 3.25. The summed E-state index contributed by atoms with van der Waals surface area (Å²) >= 11 is 0. The van der Waals surface area contributed by atoms with Crippen molar-refractivity contribution >= 4 is 17.3 Å². The van der Waals surface area contributed by atoms with Gasteiger partial charge in [0.1, 0.15) is 6.73 Å². The van der Waals surface area contributed by atoms with Gasteiger partial charge in [0.25, 0.3) is 0 Å². The number of imidazole rings is 1. The topological polar surface area (TPSA) is 80.5 Å². The molecule has 1 aliphatic carbocycles. The van der Waals surface area contributed by atoms with Crippen LogP contribution in [0.1, 0.15) is 46.2 Å². The molecule has 1 saturated carbocycles. The fourth-order valence-corrected chi connectivity index (χ4v) is 3.94. The van der Waals surface area contributed by atoms with Crippen molar-refractivity contribution in [2.75, 3.05) is 13.3 Å². The maximum absolute atomic E-state index is 11.6. The number of fused-ring (bicyclic) bond motifs is 1. The minimum atomic E-state index is -0.289. The summed E-state index contributed by atoms with van der Waals surface area (Å²) in [6.45, 7) is 4.84. The smallest absolute Gasteiger partial charge is 0.320 e. The first-order valence-corrected chi connectivity index (χ1v) is 9.83. The van der Waals surface area contributed by atoms with Gasteiger partial charge in [-0.05, 0) is 54.9 Å². The number of rotatable bonds is 3. The minimum absolute atomic E-state index is 0.167. The first-order valence-electron chi connectivity index (χ1n) is 9.83. The highest BCUT2D eigenvalue weighted by Crippen LogP contribution is 2.55. The fraction of sp³-hybridized carbons (Fsp3) is 0.318. The zero-order valence-corrected chi connectivity index (χ0v) is 16.5. The number of hydrogen-bond acceptors (Lipinski definition) is 4. The van der Waals surface area contributed by atoms with E-state index >= 15 is 0 Å². The highest BCUT2D eigenvalue weighted by molar-refractivity contribution is 5.78. The van der Waals surface area contributed by atoms with Crippen LogP contribution < -0.4 is 10.6 Å². The maximum Gasteiger partial charge on any atom is 0.320 e. The standard InChI is InChI=1S/C22H23N5O2/c1-13-3-4-15(7-14(13)2)17-8-18(17)19-9-20(26-27-6-5-23-21(19)27)16-10-24-22(28)25-12-29-11-16/h3-7,9-10,17-18H,8,11-12H2,1-2H3,(H2,24,25,28)/b16-10+/t17-,18+/m1/s1. The van der Waals surface area contributed by atoms with Crippen LogP contribution in [0.5, 0.6) is 0 Å². The molecular formula is C22H23N5O2. The van der Waals surface area contributed by atoms with E-state index in [1.807, 2.05) is 10.7 Å². The molecule has 1 aromatic carbocycles. The number of ether oxygens (including phenoxy) is 1. The molecule has 2 N–H and O–H groups in total. The SMILES string of the molecule is Cc1ccc([C@H]2C[C@@H]2c2cc(/C3=C/NC(=O)NCOC3)nn3ccnc23)cc1C. The first-order chi connectivity index (χ1) is 14.1. The van der Waals surface area contributed by atoms with Gasteiger partial charge in [-0.1, -0.05) is 18.2 Å². The van der Waals surface area contributed by atoms with E-state index in [0.717, 1.165) is 23.3 Å². The lowest BCUT2D eigenvalue weighted by Gasteiger charge is -2.15. The van der Waals surface area contributed by atoms with Gasteiger partial charge >= 0.3 is 6.03 Å². The summed E-state index contributed by atoms with van der Waals surface area (Å²) in [6, 6.07) is 8.56. The third kappa shape index (κ3) is 3.38. The van der Waals surface area contributed by atoms with Gasteiger partial charge in [-0.3, -0.25) is 0 Å². The summed E-state index contributed by atoms with van der Waals surface area (Å²) in [5.41, 5.74) is 7.74. The average Bonchev–Trinajstić information content (AvgIpc) is 3.35. The fourth-order valence-electron chi connectivity index (χ4n) is 3.94. The van der Waals surface area contributed by atoms with Crippen molar-refractivity contribution in [3.63, 3.8) is 0 Å². The lowest BCUT2D eigenvalue weighted by atomic mass is 10.0.